The largest absolute Gasteiger partial charge is 0.322 e. The van der Waals surface area contributed by atoms with Crippen molar-refractivity contribution in [1.29, 1.82) is 0 Å². The first-order valence-electron chi connectivity index (χ1n) is 5.82. The fraction of sp³-hybridized carbons (Fsp3) is 0.538. The molecule has 0 fully saturated rings. The third-order valence-electron chi connectivity index (χ3n) is 3.81. The molecule has 2 unspecified atom stereocenters. The standard InChI is InChI=1S/C13H19BrClFN2/c1-5-13(2,18(3)4)12(17)8-6-7-9(14)10(15)11(8)16/h6-7,12H,5,17H2,1-4H3. The van der Waals surface area contributed by atoms with Gasteiger partial charge in [-0.05, 0) is 49.4 Å². The van der Waals surface area contributed by atoms with E-state index in [0.29, 0.717) is 10.0 Å². The van der Waals surface area contributed by atoms with Gasteiger partial charge in [-0.3, -0.25) is 0 Å². The van der Waals surface area contributed by atoms with Crippen LogP contribution in [0.5, 0.6) is 0 Å². The molecule has 0 aliphatic rings. The maximum Gasteiger partial charge on any atom is 0.147 e. The van der Waals surface area contributed by atoms with Crippen LogP contribution in [0.25, 0.3) is 0 Å². The third-order valence-corrected chi connectivity index (χ3v) is 5.07. The fourth-order valence-electron chi connectivity index (χ4n) is 1.93. The van der Waals surface area contributed by atoms with Gasteiger partial charge in [0.05, 0.1) is 11.1 Å². The van der Waals surface area contributed by atoms with E-state index in [1.54, 1.807) is 12.1 Å². The highest BCUT2D eigenvalue weighted by Crippen LogP contribution is 2.36. The molecule has 0 saturated heterocycles. The minimum atomic E-state index is -0.444. The van der Waals surface area contributed by atoms with Gasteiger partial charge in [-0.25, -0.2) is 4.39 Å². The molecule has 1 rings (SSSR count). The van der Waals surface area contributed by atoms with Crippen LogP contribution >= 0.6 is 27.5 Å². The summed E-state index contributed by atoms with van der Waals surface area (Å²) < 4.78 is 14.7. The molecule has 0 bridgehead atoms. The van der Waals surface area contributed by atoms with Gasteiger partial charge < -0.3 is 10.6 Å². The molecule has 2 nitrogen and oxygen atoms in total. The normalized spacial score (nSPS) is 16.7. The van der Waals surface area contributed by atoms with Crippen molar-refractivity contribution in [3.05, 3.63) is 33.0 Å². The Morgan fingerprint density at radius 1 is 1.50 bits per heavy atom. The van der Waals surface area contributed by atoms with Crippen molar-refractivity contribution in [3.63, 3.8) is 0 Å². The van der Waals surface area contributed by atoms with E-state index >= 15 is 0 Å². The maximum atomic E-state index is 14.2. The minimum Gasteiger partial charge on any atom is -0.322 e. The van der Waals surface area contributed by atoms with Crippen molar-refractivity contribution >= 4 is 27.5 Å². The topological polar surface area (TPSA) is 29.3 Å². The lowest BCUT2D eigenvalue weighted by molar-refractivity contribution is 0.130. The zero-order valence-corrected chi connectivity index (χ0v) is 13.4. The van der Waals surface area contributed by atoms with Gasteiger partial charge >= 0.3 is 0 Å². The van der Waals surface area contributed by atoms with Crippen LogP contribution < -0.4 is 5.73 Å². The first kappa shape index (κ1) is 15.9. The van der Waals surface area contributed by atoms with E-state index in [4.69, 9.17) is 17.3 Å². The quantitative estimate of drug-likeness (QED) is 0.842. The summed E-state index contributed by atoms with van der Waals surface area (Å²) in [6.07, 6.45) is 0.814. The second kappa shape index (κ2) is 5.87. The van der Waals surface area contributed by atoms with E-state index in [0.717, 1.165) is 6.42 Å². The number of hydrogen-bond donors (Lipinski definition) is 1. The number of nitrogens with zero attached hydrogens (tertiary/aromatic N) is 1. The average molecular weight is 338 g/mol. The Hall–Kier alpha value is -0.160. The van der Waals surface area contributed by atoms with Crippen LogP contribution in [-0.2, 0) is 0 Å². The van der Waals surface area contributed by atoms with Crippen LogP contribution in [0.1, 0.15) is 31.9 Å². The molecule has 0 saturated carbocycles. The van der Waals surface area contributed by atoms with Crippen LogP contribution in [0.4, 0.5) is 4.39 Å². The first-order valence-corrected chi connectivity index (χ1v) is 6.99. The summed E-state index contributed by atoms with van der Waals surface area (Å²) in [5, 5.41) is 0.0835. The van der Waals surface area contributed by atoms with Crippen molar-refractivity contribution < 1.29 is 4.39 Å². The number of nitrogens with two attached hydrogens (primary N) is 1. The lowest BCUT2D eigenvalue weighted by Gasteiger charge is -2.41. The summed E-state index contributed by atoms with van der Waals surface area (Å²) >= 11 is 9.11. The molecule has 0 aromatic heterocycles. The van der Waals surface area contributed by atoms with Crippen molar-refractivity contribution in [2.75, 3.05) is 14.1 Å². The zero-order valence-electron chi connectivity index (χ0n) is 11.1. The summed E-state index contributed by atoms with van der Waals surface area (Å²) in [4.78, 5) is 2.02. The number of likely N-dealkylation sites (N-methyl/N-ethyl adjacent to an activating group) is 1. The highest BCUT2D eigenvalue weighted by molar-refractivity contribution is 9.10. The van der Waals surface area contributed by atoms with Crippen LogP contribution in [0.2, 0.25) is 5.02 Å². The smallest absolute Gasteiger partial charge is 0.147 e. The van der Waals surface area contributed by atoms with Crippen LogP contribution in [0.15, 0.2) is 16.6 Å². The SMILES string of the molecule is CCC(C)(C(N)c1ccc(Br)c(Cl)c1F)N(C)C. The molecule has 0 heterocycles. The van der Waals surface area contributed by atoms with Crippen molar-refractivity contribution in [2.45, 2.75) is 31.8 Å². The Morgan fingerprint density at radius 3 is 2.50 bits per heavy atom. The lowest BCUT2D eigenvalue weighted by Crippen LogP contribution is -2.49. The molecule has 18 heavy (non-hydrogen) atoms. The van der Waals surface area contributed by atoms with E-state index in [-0.39, 0.29) is 10.6 Å². The Kier molecular flexibility index (Phi) is 5.18. The van der Waals surface area contributed by atoms with Gasteiger partial charge in [-0.1, -0.05) is 24.6 Å². The molecule has 0 amide bonds. The van der Waals surface area contributed by atoms with Gasteiger partial charge in [0.25, 0.3) is 0 Å². The predicted molar refractivity (Wildman–Crippen MR) is 78.4 cm³/mol. The van der Waals surface area contributed by atoms with Crippen molar-refractivity contribution in [2.24, 2.45) is 5.73 Å². The molecule has 1 aromatic rings. The van der Waals surface area contributed by atoms with Gasteiger partial charge in [-0.2, -0.15) is 0 Å². The Labute approximate surface area is 121 Å². The molecule has 0 radical (unpaired) electrons. The predicted octanol–water partition coefficient (Wildman–Crippen LogP) is 3.97. The lowest BCUT2D eigenvalue weighted by atomic mass is 9.84. The highest BCUT2D eigenvalue weighted by atomic mass is 79.9. The maximum absolute atomic E-state index is 14.2. The summed E-state index contributed by atoms with van der Waals surface area (Å²) in [7, 11) is 3.89. The minimum absolute atomic E-state index is 0.0835. The van der Waals surface area contributed by atoms with Crippen LogP contribution in [0, 0.1) is 5.82 Å². The molecule has 102 valence electrons. The molecule has 0 spiro atoms. The molecule has 2 atom stereocenters. The van der Waals surface area contributed by atoms with Gasteiger partial charge in [-0.15, -0.1) is 0 Å². The Bertz CT molecular complexity index is 439. The van der Waals surface area contributed by atoms with Gasteiger partial charge in [0, 0.05) is 15.6 Å². The summed E-state index contributed by atoms with van der Waals surface area (Å²) in [5.41, 5.74) is 6.37. The number of rotatable bonds is 4. The second-order valence-electron chi connectivity index (χ2n) is 4.85. The Balaban J connectivity index is 3.26. The molecule has 0 aliphatic carbocycles. The molecule has 0 aliphatic heterocycles. The van der Waals surface area contributed by atoms with E-state index in [1.807, 2.05) is 32.8 Å². The van der Waals surface area contributed by atoms with E-state index < -0.39 is 11.9 Å². The summed E-state index contributed by atoms with van der Waals surface area (Å²) in [6.45, 7) is 4.06. The van der Waals surface area contributed by atoms with Gasteiger partial charge in [0.2, 0.25) is 0 Å². The van der Waals surface area contributed by atoms with E-state index in [2.05, 4.69) is 15.9 Å². The summed E-state index contributed by atoms with van der Waals surface area (Å²) in [6, 6.07) is 2.97. The number of hydrogen-bond acceptors (Lipinski definition) is 2. The first-order chi connectivity index (χ1) is 8.25. The molecular weight excluding hydrogens is 319 g/mol. The number of benzene rings is 1. The molecule has 2 N–H and O–H groups in total. The van der Waals surface area contributed by atoms with Gasteiger partial charge in [0.1, 0.15) is 5.82 Å². The van der Waals surface area contributed by atoms with Crippen LogP contribution in [-0.4, -0.2) is 24.5 Å². The average Bonchev–Trinajstić information content (AvgIpc) is 2.34. The zero-order chi connectivity index (χ0) is 14.1. The second-order valence-corrected chi connectivity index (χ2v) is 6.08. The van der Waals surface area contributed by atoms with Gasteiger partial charge in [0.15, 0.2) is 0 Å². The number of halogens is 3. The summed E-state index contributed by atoms with van der Waals surface area (Å²) in [5.74, 6) is -0.444. The fourth-order valence-corrected chi connectivity index (χ4v) is 2.41. The Morgan fingerprint density at radius 2 is 2.06 bits per heavy atom. The van der Waals surface area contributed by atoms with E-state index in [9.17, 15) is 4.39 Å². The monoisotopic (exact) mass is 336 g/mol. The molecular formula is C13H19BrClFN2. The van der Waals surface area contributed by atoms with E-state index in [1.165, 1.54) is 0 Å². The van der Waals surface area contributed by atoms with Crippen molar-refractivity contribution in [1.82, 2.24) is 4.90 Å². The van der Waals surface area contributed by atoms with Crippen molar-refractivity contribution in [3.8, 4) is 0 Å². The third kappa shape index (κ3) is 2.72. The highest BCUT2D eigenvalue weighted by Gasteiger charge is 2.35. The molecule has 1 aromatic carbocycles. The van der Waals surface area contributed by atoms with Crippen LogP contribution in [0.3, 0.4) is 0 Å². The molecule has 5 heteroatoms.